The van der Waals surface area contributed by atoms with Crippen molar-refractivity contribution >= 4 is 29.0 Å². The second-order valence-corrected chi connectivity index (χ2v) is 3.98. The number of aliphatic carboxylic acids is 1. The molecule has 2 N–H and O–H groups in total. The third-order valence-corrected chi connectivity index (χ3v) is 2.46. The lowest BCUT2D eigenvalue weighted by Gasteiger charge is -2.08. The smallest absolute Gasteiger partial charge is 0.186 e. The van der Waals surface area contributed by atoms with Gasteiger partial charge in [-0.25, -0.2) is 0 Å². The van der Waals surface area contributed by atoms with Gasteiger partial charge < -0.3 is 20.0 Å². The summed E-state index contributed by atoms with van der Waals surface area (Å²) < 4.78 is 5.03. The minimum Gasteiger partial charge on any atom is -0.546 e. The van der Waals surface area contributed by atoms with Crippen LogP contribution in [0.25, 0.3) is 0 Å². The molecule has 1 aromatic rings. The SMILES string of the molecule is CNC(=S)N/N=C(/C)c1cccc(OCC(=O)[O-])c1. The lowest BCUT2D eigenvalue weighted by molar-refractivity contribution is -0.307. The van der Waals surface area contributed by atoms with Gasteiger partial charge in [-0.15, -0.1) is 0 Å². The molecule has 0 atom stereocenters. The average Bonchev–Trinajstić information content (AvgIpc) is 2.42. The van der Waals surface area contributed by atoms with Crippen LogP contribution in [0.3, 0.4) is 0 Å². The zero-order chi connectivity index (χ0) is 14.3. The molecule has 0 aliphatic rings. The summed E-state index contributed by atoms with van der Waals surface area (Å²) in [6.07, 6.45) is 0. The fourth-order valence-electron chi connectivity index (χ4n) is 1.21. The molecule has 0 aliphatic carbocycles. The number of hydrogen-bond donors (Lipinski definition) is 2. The summed E-state index contributed by atoms with van der Waals surface area (Å²) >= 11 is 4.89. The van der Waals surface area contributed by atoms with Gasteiger partial charge in [0.15, 0.2) is 5.11 Å². The maximum absolute atomic E-state index is 10.3. The van der Waals surface area contributed by atoms with Gasteiger partial charge in [-0.1, -0.05) is 12.1 Å². The van der Waals surface area contributed by atoms with Crippen LogP contribution in [-0.2, 0) is 4.79 Å². The predicted octanol–water partition coefficient (Wildman–Crippen LogP) is -0.367. The average molecular weight is 280 g/mol. The summed E-state index contributed by atoms with van der Waals surface area (Å²) in [5.74, 6) is -0.829. The Morgan fingerprint density at radius 1 is 1.53 bits per heavy atom. The van der Waals surface area contributed by atoms with Crippen molar-refractivity contribution in [3.63, 3.8) is 0 Å². The van der Waals surface area contributed by atoms with Crippen molar-refractivity contribution in [1.82, 2.24) is 10.7 Å². The summed E-state index contributed by atoms with van der Waals surface area (Å²) in [4.78, 5) is 10.3. The maximum Gasteiger partial charge on any atom is 0.186 e. The molecule has 6 nitrogen and oxygen atoms in total. The zero-order valence-corrected chi connectivity index (χ0v) is 11.4. The highest BCUT2D eigenvalue weighted by Gasteiger charge is 2.01. The normalized spacial score (nSPS) is 10.7. The lowest BCUT2D eigenvalue weighted by atomic mass is 10.1. The molecule has 0 fully saturated rings. The van der Waals surface area contributed by atoms with Gasteiger partial charge in [0.25, 0.3) is 0 Å². The van der Waals surface area contributed by atoms with E-state index in [0.29, 0.717) is 16.6 Å². The monoisotopic (exact) mass is 280 g/mol. The minimum atomic E-state index is -1.27. The molecule has 0 unspecified atom stereocenters. The highest BCUT2D eigenvalue weighted by Crippen LogP contribution is 2.13. The Hall–Kier alpha value is -2.15. The van der Waals surface area contributed by atoms with Gasteiger partial charge in [0.1, 0.15) is 12.4 Å². The number of hydrogen-bond acceptors (Lipinski definition) is 5. The highest BCUT2D eigenvalue weighted by atomic mass is 32.1. The summed E-state index contributed by atoms with van der Waals surface area (Å²) in [6, 6.07) is 6.92. The predicted molar refractivity (Wildman–Crippen MR) is 73.9 cm³/mol. The molecule has 0 aliphatic heterocycles. The van der Waals surface area contributed by atoms with Crippen LogP contribution in [0.1, 0.15) is 12.5 Å². The third kappa shape index (κ3) is 5.35. The molecule has 0 radical (unpaired) electrons. The van der Waals surface area contributed by atoms with Crippen LogP contribution >= 0.6 is 12.2 Å². The second-order valence-electron chi connectivity index (χ2n) is 3.58. The van der Waals surface area contributed by atoms with Gasteiger partial charge in [0, 0.05) is 12.6 Å². The van der Waals surface area contributed by atoms with Crippen LogP contribution in [0.4, 0.5) is 0 Å². The van der Waals surface area contributed by atoms with E-state index in [1.165, 1.54) is 0 Å². The number of rotatable bonds is 5. The quantitative estimate of drug-likeness (QED) is 0.435. The van der Waals surface area contributed by atoms with Crippen molar-refractivity contribution in [2.75, 3.05) is 13.7 Å². The number of hydrazone groups is 1. The topological polar surface area (TPSA) is 85.8 Å². The van der Waals surface area contributed by atoms with Crippen LogP contribution in [0, 0.1) is 0 Å². The fourth-order valence-corrected chi connectivity index (χ4v) is 1.25. The number of carbonyl (C=O) groups excluding carboxylic acids is 1. The van der Waals surface area contributed by atoms with Crippen LogP contribution in [-0.4, -0.2) is 30.4 Å². The Morgan fingerprint density at radius 2 is 2.26 bits per heavy atom. The van der Waals surface area contributed by atoms with Crippen molar-refractivity contribution in [3.8, 4) is 5.75 Å². The van der Waals surface area contributed by atoms with Crippen LogP contribution in [0.15, 0.2) is 29.4 Å². The molecule has 0 saturated carbocycles. The summed E-state index contributed by atoms with van der Waals surface area (Å²) in [5.41, 5.74) is 4.15. The number of benzene rings is 1. The number of nitrogens with zero attached hydrogens (tertiary/aromatic N) is 1. The number of nitrogens with one attached hydrogen (secondary N) is 2. The van der Waals surface area contributed by atoms with Gasteiger partial charge in [0.05, 0.1) is 11.7 Å². The summed E-state index contributed by atoms with van der Waals surface area (Å²) in [7, 11) is 1.69. The van der Waals surface area contributed by atoms with Crippen molar-refractivity contribution in [3.05, 3.63) is 29.8 Å². The Kier molecular flexibility index (Phi) is 5.74. The van der Waals surface area contributed by atoms with E-state index in [2.05, 4.69) is 15.8 Å². The van der Waals surface area contributed by atoms with Gasteiger partial charge in [0.2, 0.25) is 0 Å². The standard InChI is InChI=1S/C12H15N3O3S/c1-8(14-15-12(19)13-2)9-4-3-5-10(6-9)18-7-11(16)17/h3-6H,7H2,1-2H3,(H,16,17)(H2,13,15,19)/p-1/b14-8-. The van der Waals surface area contributed by atoms with Crippen LogP contribution in [0.2, 0.25) is 0 Å². The third-order valence-electron chi connectivity index (χ3n) is 2.16. The first-order chi connectivity index (χ1) is 9.02. The van der Waals surface area contributed by atoms with Crippen molar-refractivity contribution in [1.29, 1.82) is 0 Å². The summed E-state index contributed by atoms with van der Waals surface area (Å²) in [6.45, 7) is 1.31. The van der Waals surface area contributed by atoms with E-state index in [9.17, 15) is 9.90 Å². The van der Waals surface area contributed by atoms with E-state index in [1.54, 1.807) is 32.2 Å². The summed E-state index contributed by atoms with van der Waals surface area (Å²) in [5, 5.41) is 17.5. The molecular formula is C12H14N3O3S-. The molecule has 0 amide bonds. The van der Waals surface area contributed by atoms with Gasteiger partial charge in [-0.05, 0) is 31.3 Å². The largest absolute Gasteiger partial charge is 0.546 e. The fraction of sp³-hybridized carbons (Fsp3) is 0.250. The number of carboxylic acids is 1. The second kappa shape index (κ2) is 7.32. The van der Waals surface area contributed by atoms with E-state index >= 15 is 0 Å². The number of carboxylic acid groups (broad SMARTS) is 1. The first-order valence-corrected chi connectivity index (χ1v) is 5.89. The van der Waals surface area contributed by atoms with Gasteiger partial charge in [-0.3, -0.25) is 5.43 Å². The van der Waals surface area contributed by atoms with Crippen molar-refractivity contribution in [2.45, 2.75) is 6.92 Å². The maximum atomic E-state index is 10.3. The Labute approximate surface area is 116 Å². The van der Waals surface area contributed by atoms with E-state index in [4.69, 9.17) is 17.0 Å². The Bertz CT molecular complexity index is 503. The Balaban J connectivity index is 2.74. The van der Waals surface area contributed by atoms with Crippen LogP contribution < -0.4 is 20.6 Å². The van der Waals surface area contributed by atoms with Gasteiger partial charge >= 0.3 is 0 Å². The molecule has 0 aromatic heterocycles. The molecular weight excluding hydrogens is 266 g/mol. The van der Waals surface area contributed by atoms with E-state index < -0.39 is 12.6 Å². The molecule has 0 saturated heterocycles. The first kappa shape index (κ1) is 14.9. The minimum absolute atomic E-state index is 0.406. The van der Waals surface area contributed by atoms with Crippen molar-refractivity contribution in [2.24, 2.45) is 5.10 Å². The Morgan fingerprint density at radius 3 is 2.89 bits per heavy atom. The number of thiocarbonyl (C=S) groups is 1. The first-order valence-electron chi connectivity index (χ1n) is 5.48. The number of carbonyl (C=O) groups is 1. The van der Waals surface area contributed by atoms with Crippen LogP contribution in [0.5, 0.6) is 5.75 Å². The lowest BCUT2D eigenvalue weighted by Crippen LogP contribution is -2.29. The molecule has 1 rings (SSSR count). The molecule has 1 aromatic carbocycles. The molecule has 0 spiro atoms. The number of ether oxygens (including phenoxy) is 1. The molecule has 19 heavy (non-hydrogen) atoms. The molecule has 7 heteroatoms. The molecule has 0 bridgehead atoms. The zero-order valence-electron chi connectivity index (χ0n) is 10.6. The van der Waals surface area contributed by atoms with Gasteiger partial charge in [-0.2, -0.15) is 5.10 Å². The van der Waals surface area contributed by atoms with E-state index in [-0.39, 0.29) is 0 Å². The molecule has 102 valence electrons. The highest BCUT2D eigenvalue weighted by molar-refractivity contribution is 7.80. The molecule has 0 heterocycles. The van der Waals surface area contributed by atoms with E-state index in [1.807, 2.05) is 6.07 Å². The van der Waals surface area contributed by atoms with E-state index in [0.717, 1.165) is 5.56 Å². The van der Waals surface area contributed by atoms with Crippen molar-refractivity contribution < 1.29 is 14.6 Å².